The molecule has 0 aliphatic rings. The third-order valence-electron chi connectivity index (χ3n) is 2.13. The highest BCUT2D eigenvalue weighted by Crippen LogP contribution is 2.24. The monoisotopic (exact) mass is 231 g/mol. The quantitative estimate of drug-likeness (QED) is 0.839. The summed E-state index contributed by atoms with van der Waals surface area (Å²) in [5, 5.41) is 8.79. The number of aliphatic carboxylic acids is 1. The Balaban J connectivity index is 3.00. The zero-order valence-corrected chi connectivity index (χ0v) is 8.88. The molecule has 0 aliphatic carbocycles. The molecule has 0 saturated carbocycles. The zero-order chi connectivity index (χ0) is 11.6. The number of halogens is 2. The predicted molar refractivity (Wildman–Crippen MR) is 55.3 cm³/mol. The average molecular weight is 232 g/mol. The third-order valence-corrected chi connectivity index (χ3v) is 2.52. The third kappa shape index (κ3) is 2.91. The van der Waals surface area contributed by atoms with Crippen molar-refractivity contribution in [3.05, 3.63) is 34.1 Å². The van der Waals surface area contributed by atoms with Gasteiger partial charge in [0.25, 0.3) is 0 Å². The van der Waals surface area contributed by atoms with Gasteiger partial charge in [0.2, 0.25) is 0 Å². The number of nitrogens with two attached hydrogens (primary N) is 1. The highest BCUT2D eigenvalue weighted by Gasteiger charge is 2.14. The predicted octanol–water partition coefficient (Wildman–Crippen LogP) is 2.26. The van der Waals surface area contributed by atoms with E-state index in [1.54, 1.807) is 6.92 Å². The molecule has 1 aromatic rings. The van der Waals surface area contributed by atoms with Crippen LogP contribution in [0.1, 0.15) is 23.6 Å². The Morgan fingerprint density at radius 2 is 2.27 bits per heavy atom. The molecule has 0 saturated heterocycles. The van der Waals surface area contributed by atoms with Crippen molar-refractivity contribution in [2.24, 2.45) is 5.73 Å². The summed E-state index contributed by atoms with van der Waals surface area (Å²) >= 11 is 5.76. The molecule has 0 bridgehead atoms. The Labute approximate surface area is 91.7 Å². The SMILES string of the molecule is Cc1c(F)cc(C(N)CC(=O)O)cc1Cl. The van der Waals surface area contributed by atoms with Gasteiger partial charge in [0.15, 0.2) is 0 Å². The standard InChI is InChI=1S/C10H11ClFNO2/c1-5-7(11)2-6(3-8(5)12)9(13)4-10(14)15/h2-3,9H,4,13H2,1H3,(H,14,15). The van der Waals surface area contributed by atoms with E-state index in [2.05, 4.69) is 0 Å². The van der Waals surface area contributed by atoms with Crippen LogP contribution in [0.2, 0.25) is 5.02 Å². The molecule has 3 nitrogen and oxygen atoms in total. The first kappa shape index (κ1) is 11.9. The molecule has 0 heterocycles. The van der Waals surface area contributed by atoms with E-state index in [1.807, 2.05) is 0 Å². The van der Waals surface area contributed by atoms with E-state index in [0.29, 0.717) is 11.1 Å². The summed E-state index contributed by atoms with van der Waals surface area (Å²) in [7, 11) is 0. The molecule has 0 aliphatic heterocycles. The minimum absolute atomic E-state index is 0.251. The number of carbonyl (C=O) groups is 1. The van der Waals surface area contributed by atoms with Crippen LogP contribution in [-0.2, 0) is 4.79 Å². The van der Waals surface area contributed by atoms with Crippen LogP contribution in [0.4, 0.5) is 4.39 Å². The van der Waals surface area contributed by atoms with Crippen molar-refractivity contribution < 1.29 is 14.3 Å². The normalized spacial score (nSPS) is 12.5. The Hall–Kier alpha value is -1.13. The minimum Gasteiger partial charge on any atom is -0.481 e. The first-order valence-corrected chi connectivity index (χ1v) is 4.72. The number of carboxylic acid groups (broad SMARTS) is 1. The fourth-order valence-electron chi connectivity index (χ4n) is 1.18. The van der Waals surface area contributed by atoms with Crippen molar-refractivity contribution in [2.75, 3.05) is 0 Å². The van der Waals surface area contributed by atoms with Crippen molar-refractivity contribution >= 4 is 17.6 Å². The lowest BCUT2D eigenvalue weighted by Gasteiger charge is -2.11. The van der Waals surface area contributed by atoms with Crippen molar-refractivity contribution in [3.8, 4) is 0 Å². The van der Waals surface area contributed by atoms with Gasteiger partial charge >= 0.3 is 5.97 Å². The second-order valence-corrected chi connectivity index (χ2v) is 3.72. The maximum atomic E-state index is 13.3. The van der Waals surface area contributed by atoms with E-state index >= 15 is 0 Å². The van der Waals surface area contributed by atoms with E-state index in [-0.39, 0.29) is 11.4 Å². The van der Waals surface area contributed by atoms with Crippen molar-refractivity contribution in [1.82, 2.24) is 0 Å². The van der Waals surface area contributed by atoms with Gasteiger partial charge in [-0.2, -0.15) is 0 Å². The summed E-state index contributed by atoms with van der Waals surface area (Å²) in [6.07, 6.45) is -0.251. The van der Waals surface area contributed by atoms with Gasteiger partial charge in [0.1, 0.15) is 5.82 Å². The minimum atomic E-state index is -1.03. The van der Waals surface area contributed by atoms with Crippen LogP contribution in [0.5, 0.6) is 0 Å². The van der Waals surface area contributed by atoms with Crippen LogP contribution < -0.4 is 5.73 Å². The number of carboxylic acids is 1. The average Bonchev–Trinajstić information content (AvgIpc) is 2.12. The second kappa shape index (κ2) is 4.59. The molecule has 0 spiro atoms. The zero-order valence-electron chi connectivity index (χ0n) is 8.13. The summed E-state index contributed by atoms with van der Waals surface area (Å²) in [5.74, 6) is -1.50. The maximum absolute atomic E-state index is 13.3. The molecular weight excluding hydrogens is 221 g/mol. The van der Waals surface area contributed by atoms with Crippen molar-refractivity contribution in [3.63, 3.8) is 0 Å². The maximum Gasteiger partial charge on any atom is 0.305 e. The van der Waals surface area contributed by atoms with Gasteiger partial charge < -0.3 is 10.8 Å². The van der Waals surface area contributed by atoms with E-state index in [9.17, 15) is 9.18 Å². The Bertz CT molecular complexity index is 372. The smallest absolute Gasteiger partial charge is 0.305 e. The Morgan fingerprint density at radius 3 is 2.73 bits per heavy atom. The lowest BCUT2D eigenvalue weighted by atomic mass is 10.0. The summed E-state index contributed by atoms with van der Waals surface area (Å²) in [4.78, 5) is 10.4. The van der Waals surface area contributed by atoms with E-state index < -0.39 is 17.8 Å². The van der Waals surface area contributed by atoms with Gasteiger partial charge in [-0.05, 0) is 24.6 Å². The fraction of sp³-hybridized carbons (Fsp3) is 0.300. The van der Waals surface area contributed by atoms with Gasteiger partial charge in [0.05, 0.1) is 6.42 Å². The van der Waals surface area contributed by atoms with Gasteiger partial charge in [-0.3, -0.25) is 4.79 Å². The summed E-state index contributed by atoms with van der Waals surface area (Å²) in [6, 6.07) is 1.97. The van der Waals surface area contributed by atoms with Crippen molar-refractivity contribution in [2.45, 2.75) is 19.4 Å². The molecule has 82 valence electrons. The lowest BCUT2D eigenvalue weighted by Crippen LogP contribution is -2.15. The van der Waals surface area contributed by atoms with E-state index in [1.165, 1.54) is 12.1 Å². The van der Waals surface area contributed by atoms with Crippen LogP contribution in [0.25, 0.3) is 0 Å². The molecule has 3 N–H and O–H groups in total. The second-order valence-electron chi connectivity index (χ2n) is 3.31. The molecule has 1 rings (SSSR count). The number of rotatable bonds is 3. The van der Waals surface area contributed by atoms with Crippen molar-refractivity contribution in [1.29, 1.82) is 0 Å². The van der Waals surface area contributed by atoms with Gasteiger partial charge in [0, 0.05) is 16.6 Å². The summed E-state index contributed by atoms with van der Waals surface area (Å²) in [5.41, 5.74) is 6.31. The highest BCUT2D eigenvalue weighted by atomic mass is 35.5. The highest BCUT2D eigenvalue weighted by molar-refractivity contribution is 6.31. The Morgan fingerprint density at radius 1 is 1.67 bits per heavy atom. The molecule has 5 heteroatoms. The largest absolute Gasteiger partial charge is 0.481 e. The molecule has 0 radical (unpaired) electrons. The van der Waals surface area contributed by atoms with Crippen LogP contribution in [0, 0.1) is 12.7 Å². The summed E-state index contributed by atoms with van der Waals surface area (Å²) in [6.45, 7) is 1.55. The fourth-order valence-corrected chi connectivity index (χ4v) is 1.40. The van der Waals surface area contributed by atoms with Crippen LogP contribution >= 0.6 is 11.6 Å². The molecule has 1 atom stereocenters. The topological polar surface area (TPSA) is 63.3 Å². The van der Waals surface area contributed by atoms with Gasteiger partial charge in [-0.15, -0.1) is 0 Å². The molecule has 15 heavy (non-hydrogen) atoms. The first-order chi connectivity index (χ1) is 6.91. The molecule has 1 aromatic carbocycles. The number of hydrogen-bond donors (Lipinski definition) is 2. The van der Waals surface area contributed by atoms with E-state index in [0.717, 1.165) is 0 Å². The number of hydrogen-bond acceptors (Lipinski definition) is 2. The Kier molecular flexibility index (Phi) is 3.66. The molecule has 0 amide bonds. The molecule has 0 aromatic heterocycles. The number of benzene rings is 1. The summed E-state index contributed by atoms with van der Waals surface area (Å²) < 4.78 is 13.3. The molecule has 1 unspecified atom stereocenters. The lowest BCUT2D eigenvalue weighted by molar-refractivity contribution is -0.137. The van der Waals surface area contributed by atoms with E-state index in [4.69, 9.17) is 22.4 Å². The first-order valence-electron chi connectivity index (χ1n) is 4.34. The van der Waals surface area contributed by atoms with Gasteiger partial charge in [-0.1, -0.05) is 11.6 Å². The van der Waals surface area contributed by atoms with Crippen LogP contribution in [0.15, 0.2) is 12.1 Å². The van der Waals surface area contributed by atoms with Crippen LogP contribution in [-0.4, -0.2) is 11.1 Å². The van der Waals surface area contributed by atoms with Crippen LogP contribution in [0.3, 0.4) is 0 Å². The molecule has 0 fully saturated rings. The van der Waals surface area contributed by atoms with Gasteiger partial charge in [-0.25, -0.2) is 4.39 Å². The molecular formula is C10H11ClFNO2.